The first-order valence-electron chi connectivity index (χ1n) is 5.53. The number of Topliss-reactive ketones (excluding diaryl/α,β-unsaturated/α-hetero) is 1. The molecule has 0 radical (unpaired) electrons. The minimum Gasteiger partial charge on any atom is -0.380 e. The molecule has 1 atom stereocenters. The molecule has 0 N–H and O–H groups in total. The Morgan fingerprint density at radius 2 is 2.21 bits per heavy atom. The molecule has 2 fully saturated rings. The molecular weight excluding hydrogens is 178 g/mol. The van der Waals surface area contributed by atoms with Crippen LogP contribution in [0, 0.1) is 5.41 Å². The zero-order chi connectivity index (χ0) is 10.0. The Hall–Kier alpha value is -0.410. The van der Waals surface area contributed by atoms with E-state index in [-0.39, 0.29) is 5.41 Å². The Morgan fingerprint density at radius 3 is 3.00 bits per heavy atom. The van der Waals surface area contributed by atoms with Gasteiger partial charge in [0.05, 0.1) is 18.6 Å². The highest BCUT2D eigenvalue weighted by Crippen LogP contribution is 2.35. The van der Waals surface area contributed by atoms with E-state index >= 15 is 0 Å². The van der Waals surface area contributed by atoms with Gasteiger partial charge in [0.2, 0.25) is 0 Å². The number of carbonyl (C=O) groups excluding carboxylic acids is 1. The molecule has 1 spiro atoms. The normalized spacial score (nSPS) is 35.9. The number of hydrogen-bond acceptors (Lipinski definition) is 3. The molecule has 2 heterocycles. The van der Waals surface area contributed by atoms with E-state index in [1.54, 1.807) is 0 Å². The Balaban J connectivity index is 2.08. The van der Waals surface area contributed by atoms with E-state index in [2.05, 4.69) is 11.9 Å². The van der Waals surface area contributed by atoms with E-state index in [4.69, 9.17) is 4.74 Å². The molecule has 3 nitrogen and oxygen atoms in total. The third-order valence-electron chi connectivity index (χ3n) is 3.61. The maximum absolute atomic E-state index is 11.9. The summed E-state index contributed by atoms with van der Waals surface area (Å²) in [6.07, 6.45) is 3.77. The Kier molecular flexibility index (Phi) is 2.88. The molecule has 0 aromatic heterocycles. The first-order valence-corrected chi connectivity index (χ1v) is 5.53. The van der Waals surface area contributed by atoms with Crippen LogP contribution in [0.3, 0.4) is 0 Å². The number of rotatable bonds is 0. The zero-order valence-corrected chi connectivity index (χ0v) is 8.92. The predicted octanol–water partition coefficient (Wildman–Crippen LogP) is 1.08. The van der Waals surface area contributed by atoms with Crippen LogP contribution < -0.4 is 0 Å². The van der Waals surface area contributed by atoms with Gasteiger partial charge in [-0.05, 0) is 39.4 Å². The van der Waals surface area contributed by atoms with Crippen molar-refractivity contribution in [1.29, 1.82) is 0 Å². The molecule has 0 aromatic rings. The molecule has 0 bridgehead atoms. The summed E-state index contributed by atoms with van der Waals surface area (Å²) in [5, 5.41) is 0. The third kappa shape index (κ3) is 1.84. The van der Waals surface area contributed by atoms with Crippen molar-refractivity contribution in [3.8, 4) is 0 Å². The van der Waals surface area contributed by atoms with E-state index in [9.17, 15) is 4.79 Å². The van der Waals surface area contributed by atoms with Gasteiger partial charge in [-0.25, -0.2) is 0 Å². The SMILES string of the molecule is CN1CCCC2(CC1)COCCC2=O. The van der Waals surface area contributed by atoms with E-state index in [0.717, 1.165) is 32.4 Å². The molecule has 3 heteroatoms. The number of nitrogens with zero attached hydrogens (tertiary/aromatic N) is 1. The van der Waals surface area contributed by atoms with E-state index in [1.807, 2.05) is 0 Å². The summed E-state index contributed by atoms with van der Waals surface area (Å²) in [5.74, 6) is 0.444. The molecule has 14 heavy (non-hydrogen) atoms. The fourth-order valence-electron chi connectivity index (χ4n) is 2.53. The highest BCUT2D eigenvalue weighted by molar-refractivity contribution is 5.85. The van der Waals surface area contributed by atoms with Gasteiger partial charge in [-0.15, -0.1) is 0 Å². The number of ether oxygens (including phenoxy) is 1. The van der Waals surface area contributed by atoms with Crippen LogP contribution in [0.15, 0.2) is 0 Å². The van der Waals surface area contributed by atoms with E-state index < -0.39 is 0 Å². The molecule has 0 saturated carbocycles. The fourth-order valence-corrected chi connectivity index (χ4v) is 2.53. The van der Waals surface area contributed by atoms with Crippen molar-refractivity contribution in [3.05, 3.63) is 0 Å². The van der Waals surface area contributed by atoms with Gasteiger partial charge in [0.25, 0.3) is 0 Å². The van der Waals surface area contributed by atoms with Gasteiger partial charge in [-0.2, -0.15) is 0 Å². The summed E-state index contributed by atoms with van der Waals surface area (Å²) >= 11 is 0. The van der Waals surface area contributed by atoms with Gasteiger partial charge in [-0.1, -0.05) is 0 Å². The Bertz CT molecular complexity index is 229. The van der Waals surface area contributed by atoms with Crippen molar-refractivity contribution in [2.24, 2.45) is 5.41 Å². The average molecular weight is 197 g/mol. The second-order valence-electron chi connectivity index (χ2n) is 4.66. The molecular formula is C11H19NO2. The number of likely N-dealkylation sites (tertiary alicyclic amines) is 1. The molecule has 80 valence electrons. The zero-order valence-electron chi connectivity index (χ0n) is 8.92. The van der Waals surface area contributed by atoms with Gasteiger partial charge in [-0.3, -0.25) is 4.79 Å². The van der Waals surface area contributed by atoms with Crippen LogP contribution in [-0.2, 0) is 9.53 Å². The number of ketones is 1. The fraction of sp³-hybridized carbons (Fsp3) is 0.909. The largest absolute Gasteiger partial charge is 0.380 e. The van der Waals surface area contributed by atoms with Crippen LogP contribution in [-0.4, -0.2) is 44.0 Å². The maximum Gasteiger partial charge on any atom is 0.143 e. The maximum atomic E-state index is 11.9. The number of carbonyl (C=O) groups is 1. The predicted molar refractivity (Wildman–Crippen MR) is 54.2 cm³/mol. The van der Waals surface area contributed by atoms with Gasteiger partial charge >= 0.3 is 0 Å². The lowest BCUT2D eigenvalue weighted by Gasteiger charge is -2.34. The van der Waals surface area contributed by atoms with Crippen molar-refractivity contribution >= 4 is 5.78 Å². The van der Waals surface area contributed by atoms with Crippen molar-refractivity contribution in [2.75, 3.05) is 33.4 Å². The molecule has 2 saturated heterocycles. The van der Waals surface area contributed by atoms with Crippen LogP contribution in [0.2, 0.25) is 0 Å². The monoisotopic (exact) mass is 197 g/mol. The van der Waals surface area contributed by atoms with Crippen molar-refractivity contribution in [3.63, 3.8) is 0 Å². The lowest BCUT2D eigenvalue weighted by Crippen LogP contribution is -2.41. The summed E-state index contributed by atoms with van der Waals surface area (Å²) in [4.78, 5) is 14.2. The smallest absolute Gasteiger partial charge is 0.143 e. The first kappa shape index (κ1) is 10.1. The van der Waals surface area contributed by atoms with Crippen molar-refractivity contribution in [1.82, 2.24) is 4.90 Å². The molecule has 2 aliphatic rings. The molecule has 0 amide bonds. The summed E-state index contributed by atoms with van der Waals surface area (Å²) in [6, 6.07) is 0. The minimum absolute atomic E-state index is 0.122. The van der Waals surface area contributed by atoms with E-state index in [1.165, 1.54) is 0 Å². The summed E-state index contributed by atoms with van der Waals surface area (Å²) in [6.45, 7) is 3.46. The highest BCUT2D eigenvalue weighted by Gasteiger charge is 2.40. The van der Waals surface area contributed by atoms with Crippen LogP contribution in [0.5, 0.6) is 0 Å². The van der Waals surface area contributed by atoms with Gasteiger partial charge < -0.3 is 9.64 Å². The molecule has 2 rings (SSSR count). The van der Waals surface area contributed by atoms with Gasteiger partial charge in [0.1, 0.15) is 5.78 Å². The topological polar surface area (TPSA) is 29.5 Å². The Morgan fingerprint density at radius 1 is 1.36 bits per heavy atom. The van der Waals surface area contributed by atoms with Crippen molar-refractivity contribution < 1.29 is 9.53 Å². The van der Waals surface area contributed by atoms with Crippen LogP contribution in [0.1, 0.15) is 25.7 Å². The molecule has 1 unspecified atom stereocenters. The van der Waals surface area contributed by atoms with Crippen LogP contribution in [0.25, 0.3) is 0 Å². The van der Waals surface area contributed by atoms with Crippen molar-refractivity contribution in [2.45, 2.75) is 25.7 Å². The van der Waals surface area contributed by atoms with E-state index in [0.29, 0.717) is 25.4 Å². The lowest BCUT2D eigenvalue weighted by molar-refractivity contribution is -0.141. The number of hydrogen-bond donors (Lipinski definition) is 0. The summed E-state index contributed by atoms with van der Waals surface area (Å²) in [5.41, 5.74) is -0.122. The Labute approximate surface area is 85.4 Å². The quantitative estimate of drug-likeness (QED) is 0.582. The highest BCUT2D eigenvalue weighted by atomic mass is 16.5. The summed E-state index contributed by atoms with van der Waals surface area (Å²) < 4.78 is 5.48. The molecule has 0 aromatic carbocycles. The standard InChI is InChI=1S/C11H19NO2/c1-12-6-2-4-11(5-7-12)9-14-8-3-10(11)13/h2-9H2,1H3. The first-order chi connectivity index (χ1) is 6.73. The van der Waals surface area contributed by atoms with Crippen LogP contribution in [0.4, 0.5) is 0 Å². The minimum atomic E-state index is -0.122. The third-order valence-corrected chi connectivity index (χ3v) is 3.61. The second kappa shape index (κ2) is 3.99. The van der Waals surface area contributed by atoms with Gasteiger partial charge in [0, 0.05) is 6.42 Å². The lowest BCUT2D eigenvalue weighted by atomic mass is 9.75. The molecule has 0 aliphatic carbocycles. The molecule has 2 aliphatic heterocycles. The summed E-state index contributed by atoms with van der Waals surface area (Å²) in [7, 11) is 2.13. The second-order valence-corrected chi connectivity index (χ2v) is 4.66. The average Bonchev–Trinajstić information content (AvgIpc) is 2.36. The van der Waals surface area contributed by atoms with Gasteiger partial charge in [0.15, 0.2) is 0 Å². The van der Waals surface area contributed by atoms with Crippen LogP contribution >= 0.6 is 0 Å².